The first-order valence-electron chi connectivity index (χ1n) is 8.66. The molecule has 25 heavy (non-hydrogen) atoms. The van der Waals surface area contributed by atoms with Crippen molar-refractivity contribution in [2.45, 2.75) is 51.4 Å². The summed E-state index contributed by atoms with van der Waals surface area (Å²) in [6.45, 7) is 1.78. The third-order valence-corrected chi connectivity index (χ3v) is 6.29. The number of ketones is 2. The number of hydrogen-bond acceptors (Lipinski definition) is 6. The van der Waals surface area contributed by atoms with Gasteiger partial charge < -0.3 is 4.52 Å². The molecule has 0 bridgehead atoms. The Kier molecular flexibility index (Phi) is 4.04. The van der Waals surface area contributed by atoms with Gasteiger partial charge in [-0.2, -0.15) is 5.26 Å². The third-order valence-electron chi connectivity index (χ3n) is 5.03. The highest BCUT2D eigenvalue weighted by Gasteiger charge is 2.37. The van der Waals surface area contributed by atoms with E-state index in [-0.39, 0.29) is 5.69 Å². The van der Waals surface area contributed by atoms with Crippen LogP contribution in [0.15, 0.2) is 10.6 Å². The van der Waals surface area contributed by atoms with Crippen LogP contribution in [0.1, 0.15) is 73.5 Å². The first kappa shape index (κ1) is 16.2. The Bertz CT molecular complexity index is 875. The molecule has 6 heteroatoms. The van der Waals surface area contributed by atoms with Gasteiger partial charge in [0.1, 0.15) is 5.76 Å². The second kappa shape index (κ2) is 6.23. The number of carbonyl (C=O) groups is 2. The Morgan fingerprint density at radius 1 is 1.32 bits per heavy atom. The first-order valence-corrected chi connectivity index (χ1v) is 9.47. The van der Waals surface area contributed by atoms with Crippen LogP contribution in [0.5, 0.6) is 0 Å². The van der Waals surface area contributed by atoms with Crippen LogP contribution < -0.4 is 0 Å². The Morgan fingerprint density at radius 3 is 2.76 bits per heavy atom. The van der Waals surface area contributed by atoms with Gasteiger partial charge in [0.15, 0.2) is 17.4 Å². The molecule has 0 radical (unpaired) electrons. The maximum Gasteiger partial charge on any atom is 0.210 e. The fraction of sp³-hybridized carbons (Fsp3) is 0.474. The van der Waals surface area contributed by atoms with Crippen molar-refractivity contribution in [1.82, 2.24) is 5.16 Å². The van der Waals surface area contributed by atoms with Crippen molar-refractivity contribution < 1.29 is 14.1 Å². The summed E-state index contributed by atoms with van der Waals surface area (Å²) in [4.78, 5) is 27.3. The number of nitriles is 1. The van der Waals surface area contributed by atoms with E-state index in [1.165, 1.54) is 21.8 Å². The van der Waals surface area contributed by atoms with E-state index in [1.54, 1.807) is 6.92 Å². The van der Waals surface area contributed by atoms with E-state index in [2.05, 4.69) is 5.16 Å². The second-order valence-corrected chi connectivity index (χ2v) is 7.99. The maximum atomic E-state index is 12.8. The molecule has 1 unspecified atom stereocenters. The lowest BCUT2D eigenvalue weighted by atomic mass is 9.93. The van der Waals surface area contributed by atoms with E-state index in [0.29, 0.717) is 16.4 Å². The summed E-state index contributed by atoms with van der Waals surface area (Å²) in [6.07, 6.45) is 6.27. The molecule has 2 heterocycles. The predicted octanol–water partition coefficient (Wildman–Crippen LogP) is 4.01. The van der Waals surface area contributed by atoms with Gasteiger partial charge in [-0.15, -0.1) is 11.3 Å². The van der Waals surface area contributed by atoms with Gasteiger partial charge >= 0.3 is 0 Å². The molecule has 2 aliphatic rings. The van der Waals surface area contributed by atoms with Crippen LogP contribution in [0.3, 0.4) is 0 Å². The van der Waals surface area contributed by atoms with E-state index in [1.807, 2.05) is 12.1 Å². The summed E-state index contributed by atoms with van der Waals surface area (Å²) >= 11 is 1.43. The second-order valence-electron chi connectivity index (χ2n) is 6.85. The molecule has 2 aromatic heterocycles. The van der Waals surface area contributed by atoms with Gasteiger partial charge in [-0.25, -0.2) is 0 Å². The number of nitrogens with zero attached hydrogens (tertiary/aromatic N) is 2. The van der Waals surface area contributed by atoms with Crippen molar-refractivity contribution in [3.8, 4) is 6.07 Å². The van der Waals surface area contributed by atoms with Crippen molar-refractivity contribution in [3.05, 3.63) is 38.4 Å². The van der Waals surface area contributed by atoms with Crippen LogP contribution >= 0.6 is 11.3 Å². The number of carbonyl (C=O) groups excluding carboxylic acids is 2. The fourth-order valence-electron chi connectivity index (χ4n) is 3.43. The van der Waals surface area contributed by atoms with Gasteiger partial charge in [0.2, 0.25) is 5.78 Å². The molecule has 0 N–H and O–H groups in total. The first-order chi connectivity index (χ1) is 12.1. The monoisotopic (exact) mass is 354 g/mol. The van der Waals surface area contributed by atoms with Crippen molar-refractivity contribution in [2.75, 3.05) is 0 Å². The molecule has 2 aromatic rings. The lowest BCUT2D eigenvalue weighted by Crippen LogP contribution is -2.23. The van der Waals surface area contributed by atoms with E-state index in [9.17, 15) is 14.9 Å². The molecule has 5 nitrogen and oxygen atoms in total. The number of aryl methyl sites for hydroxylation is 2. The predicted molar refractivity (Wildman–Crippen MR) is 91.9 cm³/mol. The molecule has 1 fully saturated rings. The topological polar surface area (TPSA) is 84.0 Å². The van der Waals surface area contributed by atoms with Gasteiger partial charge in [0, 0.05) is 16.4 Å². The molecular weight excluding hydrogens is 336 g/mol. The lowest BCUT2D eigenvalue weighted by molar-refractivity contribution is 0.0842. The quantitative estimate of drug-likeness (QED) is 0.598. The summed E-state index contributed by atoms with van der Waals surface area (Å²) in [5, 5.41) is 13.3. The number of fused-ring (bicyclic) bond motifs is 1. The van der Waals surface area contributed by atoms with Gasteiger partial charge in [-0.1, -0.05) is 5.16 Å². The van der Waals surface area contributed by atoms with Gasteiger partial charge in [0.05, 0.1) is 10.9 Å². The van der Waals surface area contributed by atoms with Crippen molar-refractivity contribution in [3.63, 3.8) is 0 Å². The lowest BCUT2D eigenvalue weighted by Gasteiger charge is -2.08. The molecule has 2 aliphatic carbocycles. The van der Waals surface area contributed by atoms with Crippen LogP contribution in [-0.2, 0) is 12.8 Å². The van der Waals surface area contributed by atoms with Gasteiger partial charge in [-0.05, 0) is 57.1 Å². The number of rotatable bonds is 5. The smallest absolute Gasteiger partial charge is 0.210 e. The minimum atomic E-state index is -1.35. The molecule has 0 aromatic carbocycles. The van der Waals surface area contributed by atoms with Crippen molar-refractivity contribution >= 4 is 22.9 Å². The molecule has 0 saturated heterocycles. The van der Waals surface area contributed by atoms with Crippen molar-refractivity contribution in [1.29, 1.82) is 5.26 Å². The molecule has 128 valence electrons. The standard InChI is InChI=1S/C19H18N2O3S/c1-10-16(21-24-19(10)11-6-7-11)18(23)13(9-20)17(22)15-8-12-4-2-3-5-14(12)25-15/h8,11,13H,2-7H2,1H3. The highest BCUT2D eigenvalue weighted by atomic mass is 32.1. The van der Waals surface area contributed by atoms with Crippen LogP contribution in [0.25, 0.3) is 0 Å². The number of aromatic nitrogens is 1. The van der Waals surface area contributed by atoms with Crippen LogP contribution in [0.4, 0.5) is 0 Å². The minimum absolute atomic E-state index is 0.128. The molecular formula is C19H18N2O3S. The fourth-order valence-corrected chi connectivity index (χ4v) is 4.66. The molecule has 0 amide bonds. The number of Topliss-reactive ketones (excluding diaryl/α,β-unsaturated/α-hetero) is 2. The van der Waals surface area contributed by atoms with Crippen molar-refractivity contribution in [2.24, 2.45) is 5.92 Å². The van der Waals surface area contributed by atoms with Gasteiger partial charge in [0.25, 0.3) is 0 Å². The summed E-state index contributed by atoms with van der Waals surface area (Å²) in [5.74, 6) is -1.27. The normalized spacial score (nSPS) is 17.6. The minimum Gasteiger partial charge on any atom is -0.360 e. The maximum absolute atomic E-state index is 12.8. The highest BCUT2D eigenvalue weighted by molar-refractivity contribution is 7.14. The number of thiophene rings is 1. The Labute approximate surface area is 149 Å². The SMILES string of the molecule is Cc1c(C(=O)C(C#N)C(=O)c2cc3c(s2)CCCC3)noc1C1CC1. The Hall–Kier alpha value is -2.26. The number of hydrogen-bond donors (Lipinski definition) is 0. The highest BCUT2D eigenvalue weighted by Crippen LogP contribution is 2.42. The van der Waals surface area contributed by atoms with E-state index in [0.717, 1.165) is 44.3 Å². The zero-order valence-electron chi connectivity index (χ0n) is 14.0. The summed E-state index contributed by atoms with van der Waals surface area (Å²) in [5.41, 5.74) is 1.99. The molecule has 0 spiro atoms. The molecule has 1 saturated carbocycles. The van der Waals surface area contributed by atoms with Crippen LogP contribution in [0.2, 0.25) is 0 Å². The Morgan fingerprint density at radius 2 is 2.08 bits per heavy atom. The van der Waals surface area contributed by atoms with Gasteiger partial charge in [-0.3, -0.25) is 9.59 Å². The summed E-state index contributed by atoms with van der Waals surface area (Å²) in [6, 6.07) is 3.75. The largest absolute Gasteiger partial charge is 0.360 e. The zero-order valence-corrected chi connectivity index (χ0v) is 14.8. The molecule has 1 atom stereocenters. The van der Waals surface area contributed by atoms with Crippen LogP contribution in [-0.4, -0.2) is 16.7 Å². The van der Waals surface area contributed by atoms with Crippen LogP contribution in [0, 0.1) is 24.2 Å². The summed E-state index contributed by atoms with van der Waals surface area (Å²) < 4.78 is 5.30. The zero-order chi connectivity index (χ0) is 17.6. The average Bonchev–Trinajstić information content (AvgIpc) is 3.24. The molecule has 0 aliphatic heterocycles. The van der Waals surface area contributed by atoms with E-state index >= 15 is 0 Å². The third kappa shape index (κ3) is 2.83. The average molecular weight is 354 g/mol. The Balaban J connectivity index is 1.61. The van der Waals surface area contributed by atoms with E-state index in [4.69, 9.17) is 4.52 Å². The van der Waals surface area contributed by atoms with E-state index < -0.39 is 17.5 Å². The molecule has 4 rings (SSSR count). The summed E-state index contributed by atoms with van der Waals surface area (Å²) in [7, 11) is 0.